The van der Waals surface area contributed by atoms with Gasteiger partial charge in [-0.1, -0.05) is 0 Å². The minimum atomic E-state index is -0.470. The standard InChI is InChI=1S/C16H26N2O3/c1-11-7-12(9-20-6)17-16(5)10-18(8-13(11)16)14(19)21-15(2,3)4/h7,17H,8-10H2,1-6H3. The van der Waals surface area contributed by atoms with Crippen LogP contribution in [0.5, 0.6) is 0 Å². The summed E-state index contributed by atoms with van der Waals surface area (Å²) in [6.07, 6.45) is 1.84. The molecule has 2 heterocycles. The van der Waals surface area contributed by atoms with Crippen molar-refractivity contribution in [1.29, 1.82) is 0 Å². The van der Waals surface area contributed by atoms with Crippen LogP contribution in [-0.2, 0) is 9.47 Å². The first-order valence-corrected chi connectivity index (χ1v) is 7.30. The Balaban J connectivity index is 2.15. The average Bonchev–Trinajstić information content (AvgIpc) is 2.65. The quantitative estimate of drug-likeness (QED) is 0.850. The molecule has 0 aromatic heterocycles. The number of ether oxygens (including phenoxy) is 2. The first-order chi connectivity index (χ1) is 9.64. The zero-order valence-electron chi connectivity index (χ0n) is 13.9. The van der Waals surface area contributed by atoms with Crippen molar-refractivity contribution in [2.75, 3.05) is 26.8 Å². The molecule has 1 N–H and O–H groups in total. The number of carbonyl (C=O) groups excluding carboxylic acids is 1. The third kappa shape index (κ3) is 3.40. The van der Waals surface area contributed by atoms with E-state index in [0.717, 1.165) is 5.70 Å². The van der Waals surface area contributed by atoms with Crippen molar-refractivity contribution in [2.24, 2.45) is 0 Å². The smallest absolute Gasteiger partial charge is 0.410 e. The maximum Gasteiger partial charge on any atom is 0.410 e. The molecule has 5 nitrogen and oxygen atoms in total. The van der Waals surface area contributed by atoms with Gasteiger partial charge in [-0.2, -0.15) is 0 Å². The zero-order valence-corrected chi connectivity index (χ0v) is 13.9. The number of methoxy groups -OCH3 is 1. The van der Waals surface area contributed by atoms with Gasteiger partial charge >= 0.3 is 6.09 Å². The molecule has 0 saturated carbocycles. The fraction of sp³-hybridized carbons (Fsp3) is 0.688. The first kappa shape index (κ1) is 15.9. The van der Waals surface area contributed by atoms with Gasteiger partial charge in [0.05, 0.1) is 18.7 Å². The second kappa shape index (κ2) is 5.37. The van der Waals surface area contributed by atoms with Crippen LogP contribution in [0.4, 0.5) is 4.79 Å². The van der Waals surface area contributed by atoms with Crippen molar-refractivity contribution in [2.45, 2.75) is 45.8 Å². The first-order valence-electron chi connectivity index (χ1n) is 7.30. The minimum Gasteiger partial charge on any atom is -0.444 e. The van der Waals surface area contributed by atoms with Crippen molar-refractivity contribution in [3.05, 3.63) is 22.9 Å². The molecule has 0 bridgehead atoms. The molecule has 2 rings (SSSR count). The predicted molar refractivity (Wildman–Crippen MR) is 82.0 cm³/mol. The number of nitrogens with zero attached hydrogens (tertiary/aromatic N) is 1. The van der Waals surface area contributed by atoms with Gasteiger partial charge in [-0.15, -0.1) is 0 Å². The molecule has 0 radical (unpaired) electrons. The van der Waals surface area contributed by atoms with E-state index in [4.69, 9.17) is 9.47 Å². The van der Waals surface area contributed by atoms with Crippen LogP contribution in [0.25, 0.3) is 0 Å². The lowest BCUT2D eigenvalue weighted by atomic mass is 9.88. The van der Waals surface area contributed by atoms with Gasteiger partial charge in [0.25, 0.3) is 0 Å². The number of fused-ring (bicyclic) bond motifs is 1. The van der Waals surface area contributed by atoms with E-state index in [0.29, 0.717) is 19.7 Å². The summed E-state index contributed by atoms with van der Waals surface area (Å²) in [7, 11) is 1.68. The summed E-state index contributed by atoms with van der Waals surface area (Å²) in [4.78, 5) is 14.0. The Kier molecular flexibility index (Phi) is 4.06. The van der Waals surface area contributed by atoms with Crippen LogP contribution in [-0.4, -0.2) is 48.9 Å². The van der Waals surface area contributed by atoms with Gasteiger partial charge in [0, 0.05) is 19.4 Å². The van der Waals surface area contributed by atoms with E-state index in [1.54, 1.807) is 12.0 Å². The Bertz CT molecular complexity index is 502. The average molecular weight is 294 g/mol. The molecule has 118 valence electrons. The molecule has 1 atom stereocenters. The molecule has 2 aliphatic rings. The number of dihydropyridines is 1. The summed E-state index contributed by atoms with van der Waals surface area (Å²) >= 11 is 0. The summed E-state index contributed by atoms with van der Waals surface area (Å²) in [5.74, 6) is 0. The van der Waals surface area contributed by atoms with E-state index in [1.807, 2.05) is 20.8 Å². The molecule has 0 aliphatic carbocycles. The Labute approximate surface area is 127 Å². The Hall–Kier alpha value is -1.49. The molecular weight excluding hydrogens is 268 g/mol. The van der Waals surface area contributed by atoms with Crippen LogP contribution < -0.4 is 5.32 Å². The molecule has 0 spiro atoms. The van der Waals surface area contributed by atoms with Gasteiger partial charge in [0.15, 0.2) is 0 Å². The molecule has 1 unspecified atom stereocenters. The Morgan fingerprint density at radius 3 is 2.71 bits per heavy atom. The summed E-state index contributed by atoms with van der Waals surface area (Å²) in [6.45, 7) is 11.6. The topological polar surface area (TPSA) is 50.8 Å². The lowest BCUT2D eigenvalue weighted by molar-refractivity contribution is 0.0284. The monoisotopic (exact) mass is 294 g/mol. The number of hydrogen-bond donors (Lipinski definition) is 1. The van der Waals surface area contributed by atoms with Crippen molar-refractivity contribution in [3.63, 3.8) is 0 Å². The lowest BCUT2D eigenvalue weighted by Gasteiger charge is -2.34. The van der Waals surface area contributed by atoms with Crippen LogP contribution in [0.1, 0.15) is 34.6 Å². The molecule has 0 aromatic rings. The van der Waals surface area contributed by atoms with Crippen molar-refractivity contribution in [3.8, 4) is 0 Å². The van der Waals surface area contributed by atoms with E-state index >= 15 is 0 Å². The molecule has 1 saturated heterocycles. The maximum atomic E-state index is 12.3. The van der Waals surface area contributed by atoms with E-state index in [2.05, 4.69) is 25.2 Å². The highest BCUT2D eigenvalue weighted by Gasteiger charge is 2.44. The second-order valence-electron chi connectivity index (χ2n) is 7.06. The number of likely N-dealkylation sites (tertiary alicyclic amines) is 1. The third-order valence-corrected chi connectivity index (χ3v) is 3.78. The maximum absolute atomic E-state index is 12.3. The van der Waals surface area contributed by atoms with Gasteiger partial charge in [0.1, 0.15) is 5.60 Å². The molecule has 5 heteroatoms. The van der Waals surface area contributed by atoms with Gasteiger partial charge < -0.3 is 19.7 Å². The van der Waals surface area contributed by atoms with E-state index in [9.17, 15) is 4.79 Å². The summed E-state index contributed by atoms with van der Waals surface area (Å²) in [5, 5.41) is 3.50. The summed E-state index contributed by atoms with van der Waals surface area (Å²) in [6, 6.07) is 0. The molecule has 1 fully saturated rings. The minimum absolute atomic E-state index is 0.233. The summed E-state index contributed by atoms with van der Waals surface area (Å²) < 4.78 is 10.7. The highest BCUT2D eigenvalue weighted by molar-refractivity contribution is 5.70. The number of nitrogens with one attached hydrogen (secondary N) is 1. The third-order valence-electron chi connectivity index (χ3n) is 3.78. The fourth-order valence-electron chi connectivity index (χ4n) is 3.00. The number of rotatable bonds is 2. The van der Waals surface area contributed by atoms with Crippen LogP contribution in [0.2, 0.25) is 0 Å². The summed E-state index contributed by atoms with van der Waals surface area (Å²) in [5.41, 5.74) is 2.79. The second-order valence-corrected chi connectivity index (χ2v) is 7.06. The number of amides is 1. The predicted octanol–water partition coefficient (Wildman–Crippen LogP) is 2.45. The molecule has 0 aromatic carbocycles. The number of hydrogen-bond acceptors (Lipinski definition) is 4. The lowest BCUT2D eigenvalue weighted by Crippen LogP contribution is -2.48. The van der Waals surface area contributed by atoms with Crippen LogP contribution in [0, 0.1) is 0 Å². The highest BCUT2D eigenvalue weighted by Crippen LogP contribution is 2.34. The zero-order chi connectivity index (χ0) is 15.8. The normalized spacial score (nSPS) is 25.4. The van der Waals surface area contributed by atoms with Crippen molar-refractivity contribution >= 4 is 6.09 Å². The Morgan fingerprint density at radius 2 is 2.14 bits per heavy atom. The van der Waals surface area contributed by atoms with Gasteiger partial charge in [-0.25, -0.2) is 4.79 Å². The van der Waals surface area contributed by atoms with Gasteiger partial charge in [-0.05, 0) is 51.8 Å². The number of carbonyl (C=O) groups is 1. The van der Waals surface area contributed by atoms with E-state index in [1.165, 1.54) is 11.1 Å². The van der Waals surface area contributed by atoms with Crippen LogP contribution in [0.15, 0.2) is 22.9 Å². The highest BCUT2D eigenvalue weighted by atomic mass is 16.6. The fourth-order valence-corrected chi connectivity index (χ4v) is 3.00. The molecule has 21 heavy (non-hydrogen) atoms. The van der Waals surface area contributed by atoms with Crippen LogP contribution in [0.3, 0.4) is 0 Å². The van der Waals surface area contributed by atoms with Crippen LogP contribution >= 0.6 is 0 Å². The SMILES string of the molecule is COCC1=CC(C)=C2CN(C(=O)OC(C)(C)C)CC2(C)N1. The molecule has 2 aliphatic heterocycles. The van der Waals surface area contributed by atoms with Gasteiger partial charge in [0.2, 0.25) is 0 Å². The molecular formula is C16H26N2O3. The van der Waals surface area contributed by atoms with E-state index < -0.39 is 5.60 Å². The largest absolute Gasteiger partial charge is 0.444 e. The van der Waals surface area contributed by atoms with Gasteiger partial charge in [-0.3, -0.25) is 0 Å². The van der Waals surface area contributed by atoms with Crippen molar-refractivity contribution < 1.29 is 14.3 Å². The number of allylic oxidation sites excluding steroid dienone is 2. The molecule has 1 amide bonds. The van der Waals surface area contributed by atoms with Crippen molar-refractivity contribution in [1.82, 2.24) is 10.2 Å². The van der Waals surface area contributed by atoms with E-state index in [-0.39, 0.29) is 11.6 Å². The Morgan fingerprint density at radius 1 is 1.48 bits per heavy atom.